The number of carbonyl (C=O) groups excluding carboxylic acids is 1. The molecule has 2 nitrogen and oxygen atoms in total. The molecule has 0 N–H and O–H groups in total. The first-order chi connectivity index (χ1) is 15.3. The molecule has 4 aliphatic carbocycles. The molecule has 1 saturated heterocycles. The average Bonchev–Trinajstić information content (AvgIpc) is 3.03. The van der Waals surface area contributed by atoms with E-state index < -0.39 is 0 Å². The zero-order valence-electron chi connectivity index (χ0n) is 22.9. The van der Waals surface area contributed by atoms with Crippen molar-refractivity contribution >= 4 is 5.78 Å². The predicted molar refractivity (Wildman–Crippen MR) is 136 cm³/mol. The minimum absolute atomic E-state index is 0.0666. The third-order valence-corrected chi connectivity index (χ3v) is 13.1. The Bertz CT molecular complexity index is 843. The Labute approximate surface area is 203 Å². The number of hydrogen-bond acceptors (Lipinski definition) is 2. The van der Waals surface area contributed by atoms with Crippen LogP contribution in [0.5, 0.6) is 0 Å². The fraction of sp³-hybridized carbons (Fsp3) is 0.903. The SMILES string of the molecule is CC(C)[C@@]1(C)CC[C@H]([C@H]2CC[C@@]3(C)[C@@H]4CC[C@H]5C(C)(C)C(=O)CC[C@]5(C)C4=CC[C@]23C)CO1. The van der Waals surface area contributed by atoms with Crippen molar-refractivity contribution in [1.29, 1.82) is 0 Å². The third-order valence-electron chi connectivity index (χ3n) is 13.1. The van der Waals surface area contributed by atoms with Crippen LogP contribution in [-0.4, -0.2) is 18.0 Å². The number of fused-ring (bicyclic) bond motifs is 5. The summed E-state index contributed by atoms with van der Waals surface area (Å²) >= 11 is 0. The highest BCUT2D eigenvalue weighted by atomic mass is 16.5. The lowest BCUT2D eigenvalue weighted by atomic mass is 9.41. The molecule has 0 aromatic heterocycles. The summed E-state index contributed by atoms with van der Waals surface area (Å²) in [5.41, 5.74) is 2.64. The van der Waals surface area contributed by atoms with Gasteiger partial charge >= 0.3 is 0 Å². The van der Waals surface area contributed by atoms with E-state index in [9.17, 15) is 4.79 Å². The van der Waals surface area contributed by atoms with E-state index in [0.717, 1.165) is 31.3 Å². The number of ether oxygens (including phenoxy) is 1. The molecule has 0 spiro atoms. The van der Waals surface area contributed by atoms with Gasteiger partial charge in [-0.1, -0.05) is 60.1 Å². The Morgan fingerprint density at radius 3 is 2.27 bits per heavy atom. The smallest absolute Gasteiger partial charge is 0.138 e. The van der Waals surface area contributed by atoms with E-state index in [4.69, 9.17) is 4.74 Å². The molecule has 1 aliphatic heterocycles. The summed E-state index contributed by atoms with van der Waals surface area (Å²) in [6.07, 6.45) is 13.6. The van der Waals surface area contributed by atoms with E-state index in [-0.39, 0.29) is 16.4 Å². The van der Waals surface area contributed by atoms with Gasteiger partial charge in [0.25, 0.3) is 0 Å². The van der Waals surface area contributed by atoms with Crippen molar-refractivity contribution in [3.05, 3.63) is 11.6 Å². The van der Waals surface area contributed by atoms with Crippen LogP contribution >= 0.6 is 0 Å². The van der Waals surface area contributed by atoms with Crippen LogP contribution in [0, 0.1) is 51.2 Å². The summed E-state index contributed by atoms with van der Waals surface area (Å²) in [5.74, 6) is 3.81. The molecule has 4 fully saturated rings. The van der Waals surface area contributed by atoms with Crippen molar-refractivity contribution in [1.82, 2.24) is 0 Å². The number of carbonyl (C=O) groups is 1. The van der Waals surface area contributed by atoms with Crippen LogP contribution in [0.3, 0.4) is 0 Å². The van der Waals surface area contributed by atoms with E-state index in [0.29, 0.717) is 34.4 Å². The largest absolute Gasteiger partial charge is 0.375 e. The molecule has 0 aromatic carbocycles. The van der Waals surface area contributed by atoms with Gasteiger partial charge in [0.05, 0.1) is 12.2 Å². The second-order valence-electron chi connectivity index (χ2n) is 14.7. The molecule has 0 unspecified atom stereocenters. The molecule has 33 heavy (non-hydrogen) atoms. The molecule has 186 valence electrons. The minimum atomic E-state index is -0.165. The van der Waals surface area contributed by atoms with E-state index in [1.54, 1.807) is 5.57 Å². The monoisotopic (exact) mass is 454 g/mol. The van der Waals surface area contributed by atoms with E-state index in [1.807, 2.05) is 0 Å². The molecule has 8 atom stereocenters. The maximum atomic E-state index is 12.8. The Hall–Kier alpha value is -0.630. The van der Waals surface area contributed by atoms with Crippen molar-refractivity contribution in [3.8, 4) is 0 Å². The molecular weight excluding hydrogens is 404 g/mol. The van der Waals surface area contributed by atoms with E-state index in [1.165, 1.54) is 44.9 Å². The Morgan fingerprint density at radius 2 is 1.64 bits per heavy atom. The highest BCUT2D eigenvalue weighted by Gasteiger charge is 2.65. The second-order valence-corrected chi connectivity index (χ2v) is 14.7. The summed E-state index contributed by atoms with van der Waals surface area (Å²) < 4.78 is 6.59. The topological polar surface area (TPSA) is 26.3 Å². The molecule has 5 rings (SSSR count). The molecule has 5 aliphatic rings. The van der Waals surface area contributed by atoms with Crippen LogP contribution in [0.1, 0.15) is 113 Å². The van der Waals surface area contributed by atoms with Crippen molar-refractivity contribution in [2.75, 3.05) is 6.61 Å². The lowest BCUT2D eigenvalue weighted by Gasteiger charge is -2.63. The lowest BCUT2D eigenvalue weighted by molar-refractivity contribution is -0.146. The van der Waals surface area contributed by atoms with Gasteiger partial charge in [-0.3, -0.25) is 4.79 Å². The Kier molecular flexibility index (Phi) is 5.43. The van der Waals surface area contributed by atoms with Gasteiger partial charge in [0, 0.05) is 11.8 Å². The first-order valence-corrected chi connectivity index (χ1v) is 14.2. The number of allylic oxidation sites excluding steroid dienone is 2. The first kappa shape index (κ1) is 24.1. The van der Waals surface area contributed by atoms with Gasteiger partial charge in [-0.15, -0.1) is 0 Å². The third kappa shape index (κ3) is 3.10. The van der Waals surface area contributed by atoms with Gasteiger partial charge in [-0.2, -0.15) is 0 Å². The van der Waals surface area contributed by atoms with Gasteiger partial charge < -0.3 is 4.74 Å². The maximum Gasteiger partial charge on any atom is 0.138 e. The highest BCUT2D eigenvalue weighted by molar-refractivity contribution is 5.85. The van der Waals surface area contributed by atoms with Crippen molar-refractivity contribution in [2.24, 2.45) is 51.2 Å². The fourth-order valence-corrected chi connectivity index (χ4v) is 10.0. The molecule has 1 heterocycles. The minimum Gasteiger partial charge on any atom is -0.375 e. The quantitative estimate of drug-likeness (QED) is 0.395. The molecule has 0 radical (unpaired) electrons. The zero-order chi connectivity index (χ0) is 24.0. The number of hydrogen-bond donors (Lipinski definition) is 0. The molecule has 0 amide bonds. The molecule has 0 bridgehead atoms. The first-order valence-electron chi connectivity index (χ1n) is 14.2. The van der Waals surface area contributed by atoms with Crippen LogP contribution in [0.15, 0.2) is 11.6 Å². The summed E-state index contributed by atoms with van der Waals surface area (Å²) in [6.45, 7) is 20.3. The highest BCUT2D eigenvalue weighted by Crippen LogP contribution is 2.73. The fourth-order valence-electron chi connectivity index (χ4n) is 10.0. The molecule has 3 saturated carbocycles. The normalized spacial score (nSPS) is 51.5. The van der Waals surface area contributed by atoms with Gasteiger partial charge in [-0.05, 0) is 104 Å². The van der Waals surface area contributed by atoms with Crippen molar-refractivity contribution in [2.45, 2.75) is 119 Å². The van der Waals surface area contributed by atoms with E-state index in [2.05, 4.69) is 61.5 Å². The Morgan fingerprint density at radius 1 is 0.909 bits per heavy atom. The van der Waals surface area contributed by atoms with E-state index >= 15 is 0 Å². The standard InChI is InChI=1S/C31H50O2/c1-20(2)31(8)18-11-21(19-33-31)22-12-16-30(7)24-9-10-25-27(3,4)26(32)14-15-28(25,5)23(24)13-17-29(22,30)6/h13,20-22,24-25H,9-12,14-19H2,1-8H3/t21-,22+,24+,25-,28+,29+,30-,31+/m0/s1. The zero-order valence-corrected chi connectivity index (χ0v) is 22.9. The van der Waals surface area contributed by atoms with Crippen LogP contribution < -0.4 is 0 Å². The number of Topliss-reactive ketones (excluding diaryl/α,β-unsaturated/α-hetero) is 1. The molecule has 0 aromatic rings. The van der Waals surface area contributed by atoms with Gasteiger partial charge in [0.15, 0.2) is 0 Å². The second kappa shape index (κ2) is 7.44. The summed E-state index contributed by atoms with van der Waals surface area (Å²) in [7, 11) is 0. The van der Waals surface area contributed by atoms with Gasteiger partial charge in [-0.25, -0.2) is 0 Å². The van der Waals surface area contributed by atoms with Crippen molar-refractivity contribution < 1.29 is 9.53 Å². The number of ketones is 1. The average molecular weight is 455 g/mol. The lowest BCUT2D eigenvalue weighted by Crippen LogP contribution is -2.57. The Balaban J connectivity index is 1.43. The van der Waals surface area contributed by atoms with Gasteiger partial charge in [0.1, 0.15) is 5.78 Å². The van der Waals surface area contributed by atoms with Crippen molar-refractivity contribution in [3.63, 3.8) is 0 Å². The summed E-state index contributed by atoms with van der Waals surface area (Å²) in [5, 5.41) is 0. The van der Waals surface area contributed by atoms with Crippen LogP contribution in [0.2, 0.25) is 0 Å². The van der Waals surface area contributed by atoms with Gasteiger partial charge in [0.2, 0.25) is 0 Å². The molecule has 2 heteroatoms. The van der Waals surface area contributed by atoms with Crippen LogP contribution in [-0.2, 0) is 9.53 Å². The summed E-state index contributed by atoms with van der Waals surface area (Å²) in [6, 6.07) is 0. The predicted octanol–water partition coefficient (Wildman–Crippen LogP) is 8.00. The molecular formula is C31H50O2. The van der Waals surface area contributed by atoms with Crippen LogP contribution in [0.25, 0.3) is 0 Å². The summed E-state index contributed by atoms with van der Waals surface area (Å²) in [4.78, 5) is 12.8. The number of rotatable bonds is 2. The maximum absolute atomic E-state index is 12.8. The van der Waals surface area contributed by atoms with Crippen LogP contribution in [0.4, 0.5) is 0 Å².